The summed E-state index contributed by atoms with van der Waals surface area (Å²) >= 11 is 0. The van der Waals surface area contributed by atoms with Crippen LogP contribution in [0.2, 0.25) is 0 Å². The Kier molecular flexibility index (Phi) is 3.97. The first-order chi connectivity index (χ1) is 7.54. The van der Waals surface area contributed by atoms with Gasteiger partial charge in [0.1, 0.15) is 5.75 Å². The van der Waals surface area contributed by atoms with E-state index in [4.69, 9.17) is 10.6 Å². The number of hydrogen-bond donors (Lipinski definition) is 1. The molecule has 1 rings (SSSR count). The van der Waals surface area contributed by atoms with E-state index in [1.807, 2.05) is 6.92 Å². The van der Waals surface area contributed by atoms with Gasteiger partial charge in [-0.2, -0.15) is 4.79 Å². The summed E-state index contributed by atoms with van der Waals surface area (Å²) in [5, 5.41) is 9.13. The van der Waals surface area contributed by atoms with Crippen LogP contribution in [0.5, 0.6) is 5.75 Å². The SMILES string of the molecule is CC(=[N+]=[N-])C(=O)CC(C)c1ccc(O)cc1. The number of Topliss-reactive ketones (excluding diaryl/α,β-unsaturated/α-hetero) is 1. The molecule has 4 heteroatoms. The molecule has 0 aliphatic carbocycles. The average Bonchev–Trinajstić information content (AvgIpc) is 2.28. The molecule has 1 aromatic carbocycles. The molecule has 16 heavy (non-hydrogen) atoms. The number of ketones is 1. The van der Waals surface area contributed by atoms with Gasteiger partial charge in [-0.1, -0.05) is 19.1 Å². The highest BCUT2D eigenvalue weighted by molar-refractivity contribution is 6.36. The van der Waals surface area contributed by atoms with Gasteiger partial charge in [0, 0.05) is 13.3 Å². The quantitative estimate of drug-likeness (QED) is 0.477. The Bertz CT molecular complexity index is 431. The lowest BCUT2D eigenvalue weighted by molar-refractivity contribution is -0.117. The van der Waals surface area contributed by atoms with Gasteiger partial charge in [0.2, 0.25) is 5.78 Å². The van der Waals surface area contributed by atoms with Gasteiger partial charge >= 0.3 is 5.71 Å². The smallest absolute Gasteiger partial charge is 0.331 e. The first-order valence-corrected chi connectivity index (χ1v) is 5.05. The molecule has 0 amide bonds. The van der Waals surface area contributed by atoms with Crippen molar-refractivity contribution in [1.29, 1.82) is 0 Å². The number of nitrogens with zero attached hydrogens (tertiary/aromatic N) is 2. The van der Waals surface area contributed by atoms with Crippen LogP contribution in [0.3, 0.4) is 0 Å². The number of carbonyl (C=O) groups excluding carboxylic acids is 1. The average molecular weight is 218 g/mol. The molecule has 0 spiro atoms. The first kappa shape index (κ1) is 12.1. The monoisotopic (exact) mass is 218 g/mol. The highest BCUT2D eigenvalue weighted by Gasteiger charge is 2.18. The van der Waals surface area contributed by atoms with Crippen molar-refractivity contribution in [1.82, 2.24) is 0 Å². The molecule has 1 unspecified atom stereocenters. The maximum absolute atomic E-state index is 11.5. The van der Waals surface area contributed by atoms with Gasteiger partial charge in [-0.25, -0.2) is 0 Å². The number of phenols is 1. The second kappa shape index (κ2) is 5.24. The molecule has 0 bridgehead atoms. The maximum Gasteiger partial charge on any atom is 0.331 e. The minimum absolute atomic E-state index is 0.0322. The summed E-state index contributed by atoms with van der Waals surface area (Å²) in [5.41, 5.74) is 9.54. The van der Waals surface area contributed by atoms with Crippen LogP contribution < -0.4 is 0 Å². The Morgan fingerprint density at radius 3 is 2.50 bits per heavy atom. The molecule has 0 radical (unpaired) electrons. The summed E-state index contributed by atoms with van der Waals surface area (Å²) < 4.78 is 0. The van der Waals surface area contributed by atoms with Crippen molar-refractivity contribution >= 4 is 11.5 Å². The van der Waals surface area contributed by atoms with Gasteiger partial charge < -0.3 is 10.6 Å². The Hall–Kier alpha value is -1.93. The summed E-state index contributed by atoms with van der Waals surface area (Å²) in [6.07, 6.45) is 0.292. The van der Waals surface area contributed by atoms with Crippen molar-refractivity contribution in [2.24, 2.45) is 0 Å². The Balaban J connectivity index is 2.73. The van der Waals surface area contributed by atoms with E-state index in [9.17, 15) is 4.79 Å². The summed E-state index contributed by atoms with van der Waals surface area (Å²) in [6.45, 7) is 3.39. The van der Waals surface area contributed by atoms with Crippen molar-refractivity contribution in [2.45, 2.75) is 26.2 Å². The predicted molar refractivity (Wildman–Crippen MR) is 60.4 cm³/mol. The van der Waals surface area contributed by atoms with E-state index in [0.717, 1.165) is 5.56 Å². The zero-order valence-corrected chi connectivity index (χ0v) is 9.34. The fourth-order valence-electron chi connectivity index (χ4n) is 1.40. The van der Waals surface area contributed by atoms with Crippen LogP contribution in [-0.2, 0) is 4.79 Å². The highest BCUT2D eigenvalue weighted by Crippen LogP contribution is 2.21. The molecule has 0 fully saturated rings. The fourth-order valence-corrected chi connectivity index (χ4v) is 1.40. The molecule has 0 aromatic heterocycles. The second-order valence-corrected chi connectivity index (χ2v) is 3.81. The molecule has 4 nitrogen and oxygen atoms in total. The third-order valence-corrected chi connectivity index (χ3v) is 2.51. The normalized spacial score (nSPS) is 11.6. The summed E-state index contributed by atoms with van der Waals surface area (Å²) in [6, 6.07) is 6.73. The first-order valence-electron chi connectivity index (χ1n) is 5.05. The number of benzene rings is 1. The van der Waals surface area contributed by atoms with Crippen molar-refractivity contribution in [2.75, 3.05) is 0 Å². The topological polar surface area (TPSA) is 73.7 Å². The lowest BCUT2D eigenvalue weighted by Gasteiger charge is -2.08. The van der Waals surface area contributed by atoms with Crippen LogP contribution >= 0.6 is 0 Å². The molecule has 0 saturated carbocycles. The maximum atomic E-state index is 11.5. The molecule has 1 N–H and O–H groups in total. The molecule has 0 aliphatic heterocycles. The number of carbonyl (C=O) groups is 1. The molecule has 0 saturated heterocycles. The Morgan fingerprint density at radius 1 is 1.44 bits per heavy atom. The third kappa shape index (κ3) is 3.04. The van der Waals surface area contributed by atoms with Crippen molar-refractivity contribution in [3.05, 3.63) is 35.4 Å². The van der Waals surface area contributed by atoms with Crippen molar-refractivity contribution in [3.63, 3.8) is 0 Å². The van der Waals surface area contributed by atoms with E-state index < -0.39 is 0 Å². The van der Waals surface area contributed by atoms with E-state index in [0.29, 0.717) is 6.42 Å². The summed E-state index contributed by atoms with van der Waals surface area (Å²) in [7, 11) is 0. The number of aromatic hydroxyl groups is 1. The predicted octanol–water partition coefficient (Wildman–Crippen LogP) is 2.15. The number of rotatable bonds is 4. The van der Waals surface area contributed by atoms with Crippen LogP contribution in [0.15, 0.2) is 24.3 Å². The third-order valence-electron chi connectivity index (χ3n) is 2.51. The van der Waals surface area contributed by atoms with Crippen molar-refractivity contribution < 1.29 is 14.7 Å². The largest absolute Gasteiger partial charge is 0.508 e. The fraction of sp³-hybridized carbons (Fsp3) is 0.333. The van der Waals surface area contributed by atoms with Gasteiger partial charge in [0.05, 0.1) is 0 Å². The van der Waals surface area contributed by atoms with Gasteiger partial charge in [0.25, 0.3) is 0 Å². The Labute approximate surface area is 94.2 Å². The highest BCUT2D eigenvalue weighted by atomic mass is 16.3. The molecular formula is C12H14N2O2. The minimum Gasteiger partial charge on any atom is -0.508 e. The van der Waals surface area contributed by atoms with Crippen LogP contribution in [0.4, 0.5) is 0 Å². The minimum atomic E-state index is -0.178. The van der Waals surface area contributed by atoms with E-state index >= 15 is 0 Å². The van der Waals surface area contributed by atoms with Crippen molar-refractivity contribution in [3.8, 4) is 5.75 Å². The number of phenolic OH excluding ortho intramolecular Hbond substituents is 1. The molecule has 1 atom stereocenters. The van der Waals surface area contributed by atoms with E-state index in [1.54, 1.807) is 24.3 Å². The molecule has 84 valence electrons. The van der Waals surface area contributed by atoms with Crippen LogP contribution in [0.25, 0.3) is 5.53 Å². The molecular weight excluding hydrogens is 204 g/mol. The summed E-state index contributed by atoms with van der Waals surface area (Å²) in [4.78, 5) is 14.4. The zero-order valence-electron chi connectivity index (χ0n) is 9.34. The van der Waals surface area contributed by atoms with Gasteiger partial charge in [-0.15, -0.1) is 0 Å². The molecule has 0 heterocycles. The Morgan fingerprint density at radius 2 is 2.00 bits per heavy atom. The van der Waals surface area contributed by atoms with E-state index in [2.05, 4.69) is 4.79 Å². The van der Waals surface area contributed by atoms with Gasteiger partial charge in [-0.3, -0.25) is 4.79 Å². The zero-order chi connectivity index (χ0) is 12.1. The standard InChI is InChI=1S/C12H14N2O2/c1-8(7-12(16)9(2)14-13)10-3-5-11(15)6-4-10/h3-6,8,15H,7H2,1-2H3. The summed E-state index contributed by atoms with van der Waals surface area (Å²) in [5.74, 6) is 0.0586. The van der Waals surface area contributed by atoms with E-state index in [-0.39, 0.29) is 23.2 Å². The lowest BCUT2D eigenvalue weighted by atomic mass is 9.94. The van der Waals surface area contributed by atoms with Gasteiger partial charge in [0.15, 0.2) is 0 Å². The molecule has 1 aromatic rings. The van der Waals surface area contributed by atoms with Crippen LogP contribution in [0, 0.1) is 0 Å². The second-order valence-electron chi connectivity index (χ2n) is 3.81. The van der Waals surface area contributed by atoms with E-state index in [1.165, 1.54) is 6.92 Å². The van der Waals surface area contributed by atoms with Gasteiger partial charge in [-0.05, 0) is 23.6 Å². The molecule has 0 aliphatic rings. The number of hydrogen-bond acceptors (Lipinski definition) is 2. The van der Waals surface area contributed by atoms with Crippen LogP contribution in [-0.4, -0.2) is 21.4 Å². The van der Waals surface area contributed by atoms with Crippen LogP contribution in [0.1, 0.15) is 31.7 Å². The lowest BCUT2D eigenvalue weighted by Crippen LogP contribution is -2.13.